The number of carboxylic acid groups (broad SMARTS) is 1. The Morgan fingerprint density at radius 3 is 2.70 bits per heavy atom. The molecule has 0 bridgehead atoms. The van der Waals surface area contributed by atoms with Gasteiger partial charge in [0.15, 0.2) is 0 Å². The Balaban J connectivity index is 0.00000147. The van der Waals surface area contributed by atoms with Gasteiger partial charge in [-0.15, -0.1) is 0 Å². The number of carboxylic acids is 1. The Hall–Kier alpha value is -0.174. The summed E-state index contributed by atoms with van der Waals surface area (Å²) in [6, 6.07) is 5.26. The van der Waals surface area contributed by atoms with Crippen molar-refractivity contribution in [2.24, 2.45) is 0 Å². The van der Waals surface area contributed by atoms with E-state index in [2.05, 4.69) is 9.88 Å². The molecule has 0 saturated carbocycles. The summed E-state index contributed by atoms with van der Waals surface area (Å²) in [6.45, 7) is 3.19. The molecule has 1 aliphatic heterocycles. The van der Waals surface area contributed by atoms with Gasteiger partial charge in [-0.05, 0) is 49.7 Å². The monoisotopic (exact) mass is 298 g/mol. The van der Waals surface area contributed by atoms with E-state index >= 15 is 0 Å². The number of nitrogens with one attached hydrogen (secondary N) is 1. The molecule has 0 amide bonds. The minimum atomic E-state index is -0.868. The summed E-state index contributed by atoms with van der Waals surface area (Å²) in [5.74, 6) is -0.868. The number of rotatable bonds is 3. The number of fused-ring (bicyclic) bond motifs is 1. The fourth-order valence-electron chi connectivity index (χ4n) is 2.80. The van der Waals surface area contributed by atoms with Gasteiger partial charge >= 0.3 is 57.4 Å². The SMILES string of the molecule is O=C(O)c1ccc2[nH]cc(CN3CCCCC3)c2c1.[KH]. The molecule has 0 unspecified atom stereocenters. The molecule has 102 valence electrons. The Morgan fingerprint density at radius 2 is 2.00 bits per heavy atom. The predicted molar refractivity (Wildman–Crippen MR) is 81.5 cm³/mol. The molecule has 20 heavy (non-hydrogen) atoms. The van der Waals surface area contributed by atoms with E-state index in [-0.39, 0.29) is 51.4 Å². The summed E-state index contributed by atoms with van der Waals surface area (Å²) in [5.41, 5.74) is 2.56. The molecule has 1 saturated heterocycles. The standard InChI is InChI=1S/C15H18N2O2.K.H/c18-15(19)11-4-5-14-13(8-11)12(9-16-14)10-17-6-2-1-3-7-17;;/h4-5,8-9,16H,1-3,6-7,10H2,(H,18,19);;. The second-order valence-electron chi connectivity index (χ2n) is 5.22. The number of hydrogen-bond donors (Lipinski definition) is 2. The number of benzene rings is 1. The van der Waals surface area contributed by atoms with E-state index in [1.165, 1.54) is 24.8 Å². The first-order valence-electron chi connectivity index (χ1n) is 6.80. The Labute approximate surface area is 161 Å². The molecule has 5 heteroatoms. The van der Waals surface area contributed by atoms with Crippen molar-refractivity contribution in [2.45, 2.75) is 25.8 Å². The van der Waals surface area contributed by atoms with Crippen molar-refractivity contribution < 1.29 is 9.90 Å². The van der Waals surface area contributed by atoms with E-state index in [1.807, 2.05) is 12.3 Å². The van der Waals surface area contributed by atoms with Crippen LogP contribution in [-0.2, 0) is 6.54 Å². The Morgan fingerprint density at radius 1 is 1.25 bits per heavy atom. The molecule has 2 heterocycles. The van der Waals surface area contributed by atoms with Gasteiger partial charge in [-0.3, -0.25) is 4.90 Å². The third-order valence-electron chi connectivity index (χ3n) is 3.86. The van der Waals surface area contributed by atoms with Crippen LogP contribution in [0.3, 0.4) is 0 Å². The molecule has 2 aromatic rings. The summed E-state index contributed by atoms with van der Waals surface area (Å²) < 4.78 is 0. The van der Waals surface area contributed by atoms with Gasteiger partial charge in [0.1, 0.15) is 0 Å². The van der Waals surface area contributed by atoms with Gasteiger partial charge in [-0.1, -0.05) is 6.42 Å². The van der Waals surface area contributed by atoms with Gasteiger partial charge in [0, 0.05) is 23.6 Å². The van der Waals surface area contributed by atoms with Crippen LogP contribution in [0.25, 0.3) is 10.9 Å². The van der Waals surface area contributed by atoms with Gasteiger partial charge in [-0.2, -0.15) is 0 Å². The number of aromatic carboxylic acids is 1. The average molecular weight is 298 g/mol. The van der Waals surface area contributed by atoms with Crippen molar-refractivity contribution in [2.75, 3.05) is 13.1 Å². The normalized spacial score (nSPS) is 16.0. The second kappa shape index (κ2) is 7.20. The molecule has 0 spiro atoms. The fraction of sp³-hybridized carbons (Fsp3) is 0.400. The van der Waals surface area contributed by atoms with Crippen LogP contribution in [0.15, 0.2) is 24.4 Å². The molecule has 0 atom stereocenters. The molecule has 3 rings (SSSR count). The molecular weight excluding hydrogens is 279 g/mol. The predicted octanol–water partition coefficient (Wildman–Crippen LogP) is 2.20. The second-order valence-corrected chi connectivity index (χ2v) is 5.22. The average Bonchev–Trinajstić information content (AvgIpc) is 2.82. The molecule has 1 fully saturated rings. The molecule has 0 radical (unpaired) electrons. The van der Waals surface area contributed by atoms with Crippen LogP contribution in [0, 0.1) is 0 Å². The first-order valence-corrected chi connectivity index (χ1v) is 6.80. The number of carbonyl (C=O) groups is 1. The van der Waals surface area contributed by atoms with Crippen molar-refractivity contribution in [3.63, 3.8) is 0 Å². The first kappa shape index (κ1) is 16.2. The Kier molecular flexibility index (Phi) is 5.83. The van der Waals surface area contributed by atoms with Crippen molar-refractivity contribution in [3.05, 3.63) is 35.5 Å². The van der Waals surface area contributed by atoms with Crippen molar-refractivity contribution in [1.29, 1.82) is 0 Å². The number of nitrogens with zero attached hydrogens (tertiary/aromatic N) is 1. The van der Waals surface area contributed by atoms with Crippen LogP contribution in [0.4, 0.5) is 0 Å². The van der Waals surface area contributed by atoms with E-state index in [0.717, 1.165) is 30.5 Å². The Bertz CT molecular complexity index is 603. The summed E-state index contributed by atoms with van der Waals surface area (Å²) in [6.07, 6.45) is 5.86. The van der Waals surface area contributed by atoms with E-state index in [0.29, 0.717) is 5.56 Å². The van der Waals surface area contributed by atoms with Crippen LogP contribution >= 0.6 is 0 Å². The van der Waals surface area contributed by atoms with Crippen LogP contribution in [0.1, 0.15) is 35.2 Å². The zero-order chi connectivity index (χ0) is 13.2. The minimum absolute atomic E-state index is 0. The number of piperidine rings is 1. The van der Waals surface area contributed by atoms with Gasteiger partial charge in [0.25, 0.3) is 0 Å². The van der Waals surface area contributed by atoms with Gasteiger partial charge in [0.2, 0.25) is 0 Å². The quantitative estimate of drug-likeness (QED) is 0.854. The maximum absolute atomic E-state index is 11.0. The van der Waals surface area contributed by atoms with Crippen LogP contribution in [0.5, 0.6) is 0 Å². The van der Waals surface area contributed by atoms with Crippen molar-refractivity contribution >= 4 is 68.3 Å². The molecule has 0 aliphatic carbocycles. The van der Waals surface area contributed by atoms with Gasteiger partial charge in [0.05, 0.1) is 5.56 Å². The van der Waals surface area contributed by atoms with E-state index in [1.54, 1.807) is 12.1 Å². The molecule has 1 aliphatic rings. The van der Waals surface area contributed by atoms with Crippen LogP contribution in [0.2, 0.25) is 0 Å². The third kappa shape index (κ3) is 3.53. The fourth-order valence-corrected chi connectivity index (χ4v) is 2.80. The van der Waals surface area contributed by atoms with E-state index < -0.39 is 5.97 Å². The van der Waals surface area contributed by atoms with Crippen LogP contribution in [-0.4, -0.2) is 85.4 Å². The van der Waals surface area contributed by atoms with Crippen LogP contribution < -0.4 is 0 Å². The zero-order valence-corrected chi connectivity index (χ0v) is 10.9. The van der Waals surface area contributed by atoms with E-state index in [9.17, 15) is 4.79 Å². The maximum atomic E-state index is 11.0. The number of aromatic amines is 1. The molecule has 4 nitrogen and oxygen atoms in total. The topological polar surface area (TPSA) is 56.3 Å². The van der Waals surface area contributed by atoms with Crippen molar-refractivity contribution in [1.82, 2.24) is 9.88 Å². The number of H-pyrrole nitrogens is 1. The summed E-state index contributed by atoms with van der Waals surface area (Å²) in [7, 11) is 0. The van der Waals surface area contributed by atoms with Crippen molar-refractivity contribution in [3.8, 4) is 0 Å². The molecule has 1 aromatic carbocycles. The third-order valence-corrected chi connectivity index (χ3v) is 3.86. The first-order chi connectivity index (χ1) is 9.24. The number of aromatic nitrogens is 1. The van der Waals surface area contributed by atoms with Gasteiger partial charge in [-0.25, -0.2) is 4.79 Å². The molecular formula is C15H19KN2O2. The molecule has 2 N–H and O–H groups in total. The molecule has 1 aromatic heterocycles. The summed E-state index contributed by atoms with van der Waals surface area (Å²) >= 11 is 0. The summed E-state index contributed by atoms with van der Waals surface area (Å²) in [4.78, 5) is 16.7. The van der Waals surface area contributed by atoms with Gasteiger partial charge < -0.3 is 10.1 Å². The summed E-state index contributed by atoms with van der Waals surface area (Å²) in [5, 5.41) is 10.1. The zero-order valence-electron chi connectivity index (χ0n) is 10.9. The van der Waals surface area contributed by atoms with E-state index in [4.69, 9.17) is 5.11 Å². The number of hydrogen-bond acceptors (Lipinski definition) is 2. The number of likely N-dealkylation sites (tertiary alicyclic amines) is 1.